The Morgan fingerprint density at radius 3 is 2.71 bits per heavy atom. The van der Waals surface area contributed by atoms with Crippen LogP contribution in [0.4, 0.5) is 0 Å². The van der Waals surface area contributed by atoms with Gasteiger partial charge >= 0.3 is 11.9 Å². The second-order valence-corrected chi connectivity index (χ2v) is 3.64. The highest BCUT2D eigenvalue weighted by Gasteiger charge is 2.20. The molecule has 6 heteroatoms. The third-order valence-corrected chi connectivity index (χ3v) is 2.06. The zero-order valence-electron chi connectivity index (χ0n) is 10.3. The molecule has 94 valence electrons. The number of ether oxygens (including phenoxy) is 2. The van der Waals surface area contributed by atoms with Crippen LogP contribution in [0.2, 0.25) is 0 Å². The average molecular weight is 241 g/mol. The smallest absolute Gasteiger partial charge is 0.349 e. The fourth-order valence-electron chi connectivity index (χ4n) is 1.29. The minimum atomic E-state index is -0.869. The first-order valence-corrected chi connectivity index (χ1v) is 5.40. The maximum Gasteiger partial charge on any atom is 0.349 e. The number of nitrogens with zero attached hydrogens (tertiary/aromatic N) is 2. The van der Waals surface area contributed by atoms with Crippen molar-refractivity contribution in [2.24, 2.45) is 7.05 Å². The van der Waals surface area contributed by atoms with Gasteiger partial charge < -0.3 is 9.47 Å². The van der Waals surface area contributed by atoms with E-state index in [2.05, 4.69) is 0 Å². The quantitative estimate of drug-likeness (QED) is 0.529. The monoisotopic (exact) mass is 241 g/mol. The summed E-state index contributed by atoms with van der Waals surface area (Å²) in [6.45, 7) is 3.54. The van der Waals surface area contributed by atoms with Gasteiger partial charge in [0.1, 0.15) is 12.4 Å². The number of rotatable bonds is 5. The molecule has 0 spiro atoms. The van der Waals surface area contributed by atoms with Gasteiger partial charge in [-0.3, -0.25) is 0 Å². The maximum atomic E-state index is 11.5. The fraction of sp³-hybridized carbons (Fsp3) is 0.545. The van der Waals surface area contributed by atoms with Crippen molar-refractivity contribution in [3.8, 4) is 0 Å². The van der Waals surface area contributed by atoms with E-state index in [1.165, 1.54) is 6.92 Å². The van der Waals surface area contributed by atoms with E-state index >= 15 is 0 Å². The Labute approximate surface area is 99.7 Å². The summed E-state index contributed by atoms with van der Waals surface area (Å²) in [5, 5.41) is 0. The molecule has 1 heterocycles. The number of carbonyl (C=O) groups excluding carboxylic acids is 2. The van der Waals surface area contributed by atoms with Crippen LogP contribution in [0.5, 0.6) is 0 Å². The van der Waals surface area contributed by atoms with Crippen molar-refractivity contribution in [2.75, 3.05) is 6.61 Å². The number of imidazole rings is 1. The van der Waals surface area contributed by atoms with Crippen LogP contribution in [0.25, 0.3) is 0 Å². The lowest BCUT2D eigenvalue weighted by Gasteiger charge is -2.10. The van der Waals surface area contributed by atoms with E-state index in [1.807, 2.05) is 17.8 Å². The Kier molecular flexibility index (Phi) is 4.68. The van der Waals surface area contributed by atoms with E-state index in [0.29, 0.717) is 0 Å². The first kappa shape index (κ1) is 13.2. The molecule has 0 aliphatic carbocycles. The van der Waals surface area contributed by atoms with Gasteiger partial charge in [0.2, 0.25) is 6.33 Å². The molecule has 0 unspecified atom stereocenters. The van der Waals surface area contributed by atoms with E-state index in [9.17, 15) is 9.59 Å². The van der Waals surface area contributed by atoms with Crippen molar-refractivity contribution in [2.45, 2.75) is 26.5 Å². The molecule has 0 aromatic carbocycles. The molecule has 0 saturated carbocycles. The summed E-state index contributed by atoms with van der Waals surface area (Å²) in [4.78, 5) is 22.7. The highest BCUT2D eigenvalue weighted by Crippen LogP contribution is 1.95. The normalized spacial score (nSPS) is 11.9. The Bertz CT molecular complexity index is 400. The van der Waals surface area contributed by atoms with Crippen molar-refractivity contribution < 1.29 is 23.6 Å². The summed E-state index contributed by atoms with van der Waals surface area (Å²) in [5.41, 5.74) is 0. The fourth-order valence-corrected chi connectivity index (χ4v) is 1.29. The molecule has 1 aromatic heterocycles. The first-order chi connectivity index (χ1) is 8.02. The van der Waals surface area contributed by atoms with E-state index in [4.69, 9.17) is 9.47 Å². The largest absolute Gasteiger partial charge is 0.463 e. The third-order valence-electron chi connectivity index (χ3n) is 2.06. The van der Waals surface area contributed by atoms with Gasteiger partial charge in [-0.25, -0.2) is 18.7 Å². The lowest BCUT2D eigenvalue weighted by atomic mass is 10.4. The van der Waals surface area contributed by atoms with Gasteiger partial charge in [-0.15, -0.1) is 0 Å². The molecular formula is C11H17N2O4+. The minimum absolute atomic E-state index is 0.0740. The van der Waals surface area contributed by atoms with Gasteiger partial charge in [0, 0.05) is 0 Å². The molecule has 0 amide bonds. The number of hydrogen-bond donors (Lipinski definition) is 0. The molecule has 1 aromatic rings. The van der Waals surface area contributed by atoms with E-state index in [0.717, 1.165) is 0 Å². The summed E-state index contributed by atoms with van der Waals surface area (Å²) >= 11 is 0. The summed E-state index contributed by atoms with van der Waals surface area (Å²) in [6, 6.07) is 0. The van der Waals surface area contributed by atoms with Gasteiger partial charge in [0.25, 0.3) is 0 Å². The molecule has 17 heavy (non-hydrogen) atoms. The molecule has 0 bridgehead atoms. The van der Waals surface area contributed by atoms with Gasteiger partial charge in [-0.1, -0.05) is 0 Å². The van der Waals surface area contributed by atoms with Crippen LogP contribution in [0.1, 0.15) is 13.8 Å². The Morgan fingerprint density at radius 2 is 2.18 bits per heavy atom. The van der Waals surface area contributed by atoms with Crippen LogP contribution >= 0.6 is 0 Å². The van der Waals surface area contributed by atoms with Crippen molar-refractivity contribution in [3.63, 3.8) is 0 Å². The van der Waals surface area contributed by atoms with E-state index in [-0.39, 0.29) is 13.2 Å². The topological polar surface area (TPSA) is 61.4 Å². The van der Waals surface area contributed by atoms with Crippen molar-refractivity contribution >= 4 is 11.9 Å². The van der Waals surface area contributed by atoms with Crippen LogP contribution in [0.15, 0.2) is 18.7 Å². The van der Waals surface area contributed by atoms with Crippen molar-refractivity contribution in [1.82, 2.24) is 4.57 Å². The Balaban J connectivity index is 2.41. The molecule has 0 aliphatic rings. The van der Waals surface area contributed by atoms with Crippen LogP contribution in [-0.4, -0.2) is 29.2 Å². The number of aryl methyl sites for hydroxylation is 1. The Hall–Kier alpha value is -1.85. The molecule has 1 atom stereocenters. The summed E-state index contributed by atoms with van der Waals surface area (Å²) in [5.74, 6) is -0.999. The highest BCUT2D eigenvalue weighted by atomic mass is 16.6. The standard InChI is InChI=1S/C11H17N2O4/c1-4-16-11(15)9(2)17-10(14)7-13-6-5-12(3)8-13/h5-6,8-9H,4,7H2,1-3H3/q+1/t9-/m1/s1. The SMILES string of the molecule is CCOC(=O)[C@@H](C)OC(=O)C[n+]1ccn(C)c1. The van der Waals surface area contributed by atoms with Gasteiger partial charge in [-0.2, -0.15) is 0 Å². The third kappa shape index (κ3) is 4.26. The number of aromatic nitrogens is 2. The van der Waals surface area contributed by atoms with Crippen LogP contribution < -0.4 is 4.57 Å². The lowest BCUT2D eigenvalue weighted by Crippen LogP contribution is -2.39. The molecule has 6 nitrogen and oxygen atoms in total. The zero-order valence-corrected chi connectivity index (χ0v) is 10.3. The first-order valence-electron chi connectivity index (χ1n) is 5.40. The lowest BCUT2D eigenvalue weighted by molar-refractivity contribution is -0.685. The summed E-state index contributed by atoms with van der Waals surface area (Å²) < 4.78 is 13.1. The molecule has 0 radical (unpaired) electrons. The average Bonchev–Trinajstić information content (AvgIpc) is 2.64. The summed E-state index contributed by atoms with van der Waals surface area (Å²) in [6.07, 6.45) is 4.43. The van der Waals surface area contributed by atoms with Crippen LogP contribution in [0.3, 0.4) is 0 Å². The molecule has 0 fully saturated rings. The van der Waals surface area contributed by atoms with Crippen LogP contribution in [0, 0.1) is 0 Å². The van der Waals surface area contributed by atoms with Crippen LogP contribution in [-0.2, 0) is 32.7 Å². The molecule has 0 aliphatic heterocycles. The predicted molar refractivity (Wildman–Crippen MR) is 57.8 cm³/mol. The van der Waals surface area contributed by atoms with Gasteiger partial charge in [0.15, 0.2) is 12.6 Å². The van der Waals surface area contributed by atoms with Gasteiger partial charge in [-0.05, 0) is 13.8 Å². The predicted octanol–water partition coefficient (Wildman–Crippen LogP) is -0.193. The maximum absolute atomic E-state index is 11.5. The van der Waals surface area contributed by atoms with Gasteiger partial charge in [0.05, 0.1) is 13.7 Å². The molecule has 0 saturated heterocycles. The summed E-state index contributed by atoms with van der Waals surface area (Å²) in [7, 11) is 1.85. The highest BCUT2D eigenvalue weighted by molar-refractivity contribution is 5.78. The molecule has 0 N–H and O–H groups in total. The second-order valence-electron chi connectivity index (χ2n) is 3.64. The minimum Gasteiger partial charge on any atom is -0.463 e. The number of carbonyl (C=O) groups is 2. The Morgan fingerprint density at radius 1 is 1.47 bits per heavy atom. The van der Waals surface area contributed by atoms with Crippen molar-refractivity contribution in [3.05, 3.63) is 18.7 Å². The van der Waals surface area contributed by atoms with E-state index < -0.39 is 18.0 Å². The van der Waals surface area contributed by atoms with E-state index in [1.54, 1.807) is 24.0 Å². The molecular weight excluding hydrogens is 224 g/mol. The second kappa shape index (κ2) is 6.03. The zero-order chi connectivity index (χ0) is 12.8. The number of esters is 2. The molecule has 1 rings (SSSR count). The van der Waals surface area contributed by atoms with Crippen molar-refractivity contribution in [1.29, 1.82) is 0 Å². The number of hydrogen-bond acceptors (Lipinski definition) is 4.